The molecule has 54 valence electrons. The minimum atomic E-state index is -0.622. The normalized spacial score (nSPS) is 19.3. The molecule has 0 N–H and O–H groups in total. The SMILES string of the molecule is CC(C)(C#N)N=NC1CC1. The molecule has 3 nitrogen and oxygen atoms in total. The van der Waals surface area contributed by atoms with Crippen molar-refractivity contribution >= 4 is 0 Å². The van der Waals surface area contributed by atoms with Crippen molar-refractivity contribution in [2.75, 3.05) is 0 Å². The standard InChI is InChI=1S/C7H11N3/c1-7(2,5-8)10-9-6-3-4-6/h6H,3-4H2,1-2H3. The number of hydrogen-bond acceptors (Lipinski definition) is 3. The first-order valence-corrected chi connectivity index (χ1v) is 3.47. The molecule has 0 bridgehead atoms. The minimum absolute atomic E-state index is 0.424. The average Bonchev–Trinajstić information content (AvgIpc) is 2.66. The molecule has 10 heavy (non-hydrogen) atoms. The summed E-state index contributed by atoms with van der Waals surface area (Å²) in [6.07, 6.45) is 2.29. The van der Waals surface area contributed by atoms with Crippen LogP contribution in [-0.4, -0.2) is 11.6 Å². The fraction of sp³-hybridized carbons (Fsp3) is 0.857. The van der Waals surface area contributed by atoms with Gasteiger partial charge in [0, 0.05) is 0 Å². The van der Waals surface area contributed by atoms with Gasteiger partial charge in [0.05, 0.1) is 12.1 Å². The van der Waals surface area contributed by atoms with Crippen LogP contribution in [0.5, 0.6) is 0 Å². The number of nitriles is 1. The Balaban J connectivity index is 2.42. The Labute approximate surface area is 60.8 Å². The van der Waals surface area contributed by atoms with Crippen molar-refractivity contribution in [2.45, 2.75) is 38.3 Å². The molecule has 0 saturated heterocycles. The summed E-state index contributed by atoms with van der Waals surface area (Å²) in [6, 6.07) is 2.49. The van der Waals surface area contributed by atoms with Crippen LogP contribution >= 0.6 is 0 Å². The van der Waals surface area contributed by atoms with E-state index in [1.807, 2.05) is 0 Å². The Morgan fingerprint density at radius 3 is 2.50 bits per heavy atom. The van der Waals surface area contributed by atoms with Gasteiger partial charge < -0.3 is 0 Å². The molecule has 0 heterocycles. The van der Waals surface area contributed by atoms with Crippen LogP contribution in [0, 0.1) is 11.3 Å². The van der Waals surface area contributed by atoms with E-state index >= 15 is 0 Å². The molecular formula is C7H11N3. The highest BCUT2D eigenvalue weighted by molar-refractivity contribution is 4.99. The van der Waals surface area contributed by atoms with E-state index in [2.05, 4.69) is 16.3 Å². The molecule has 0 atom stereocenters. The number of rotatable bonds is 2. The first-order valence-electron chi connectivity index (χ1n) is 3.47. The predicted molar refractivity (Wildman–Crippen MR) is 37.6 cm³/mol. The zero-order chi connectivity index (χ0) is 7.61. The van der Waals surface area contributed by atoms with E-state index < -0.39 is 5.54 Å². The molecule has 1 rings (SSSR count). The summed E-state index contributed by atoms with van der Waals surface area (Å²) in [5.41, 5.74) is -0.622. The fourth-order valence-electron chi connectivity index (χ4n) is 0.438. The van der Waals surface area contributed by atoms with Gasteiger partial charge in [0.25, 0.3) is 0 Å². The van der Waals surface area contributed by atoms with Gasteiger partial charge in [-0.1, -0.05) is 0 Å². The lowest BCUT2D eigenvalue weighted by molar-refractivity contribution is 0.611. The molecule has 0 amide bonds. The van der Waals surface area contributed by atoms with Crippen LogP contribution in [0.2, 0.25) is 0 Å². The van der Waals surface area contributed by atoms with Gasteiger partial charge in [-0.15, -0.1) is 0 Å². The van der Waals surface area contributed by atoms with Crippen LogP contribution in [-0.2, 0) is 0 Å². The van der Waals surface area contributed by atoms with Crippen LogP contribution in [0.25, 0.3) is 0 Å². The zero-order valence-electron chi connectivity index (χ0n) is 6.33. The molecule has 1 fully saturated rings. The van der Waals surface area contributed by atoms with E-state index in [-0.39, 0.29) is 0 Å². The Kier molecular flexibility index (Phi) is 1.71. The highest BCUT2D eigenvalue weighted by atomic mass is 15.2. The molecule has 1 aliphatic carbocycles. The van der Waals surface area contributed by atoms with Crippen LogP contribution < -0.4 is 0 Å². The maximum absolute atomic E-state index is 8.52. The lowest BCUT2D eigenvalue weighted by atomic mass is 10.1. The summed E-state index contributed by atoms with van der Waals surface area (Å²) >= 11 is 0. The lowest BCUT2D eigenvalue weighted by Crippen LogP contribution is -2.11. The van der Waals surface area contributed by atoms with Gasteiger partial charge in [-0.2, -0.15) is 15.5 Å². The maximum atomic E-state index is 8.52. The van der Waals surface area contributed by atoms with Crippen molar-refractivity contribution in [3.8, 4) is 6.07 Å². The predicted octanol–water partition coefficient (Wildman–Crippen LogP) is 1.90. The van der Waals surface area contributed by atoms with E-state index in [1.54, 1.807) is 13.8 Å². The van der Waals surface area contributed by atoms with E-state index in [9.17, 15) is 0 Å². The van der Waals surface area contributed by atoms with Crippen LogP contribution in [0.1, 0.15) is 26.7 Å². The van der Waals surface area contributed by atoms with Crippen molar-refractivity contribution in [2.24, 2.45) is 10.2 Å². The molecule has 0 radical (unpaired) electrons. The smallest absolute Gasteiger partial charge is 0.161 e. The monoisotopic (exact) mass is 137 g/mol. The second-order valence-corrected chi connectivity index (χ2v) is 3.12. The van der Waals surface area contributed by atoms with Crippen molar-refractivity contribution in [1.82, 2.24) is 0 Å². The summed E-state index contributed by atoms with van der Waals surface area (Å²) in [5, 5.41) is 16.4. The third kappa shape index (κ3) is 2.14. The van der Waals surface area contributed by atoms with Crippen LogP contribution in [0.4, 0.5) is 0 Å². The van der Waals surface area contributed by atoms with Gasteiger partial charge in [0.2, 0.25) is 0 Å². The number of azo groups is 1. The van der Waals surface area contributed by atoms with Crippen molar-refractivity contribution in [1.29, 1.82) is 5.26 Å². The highest BCUT2D eigenvalue weighted by Crippen LogP contribution is 2.25. The number of hydrogen-bond donors (Lipinski definition) is 0. The molecule has 0 aliphatic heterocycles. The Bertz CT molecular complexity index is 184. The summed E-state index contributed by atoms with van der Waals surface area (Å²) in [4.78, 5) is 0. The highest BCUT2D eigenvalue weighted by Gasteiger charge is 2.22. The van der Waals surface area contributed by atoms with Gasteiger partial charge in [0.15, 0.2) is 5.54 Å². The third-order valence-corrected chi connectivity index (χ3v) is 1.29. The second kappa shape index (κ2) is 2.37. The Hall–Kier alpha value is -0.910. The molecule has 1 aliphatic rings. The van der Waals surface area contributed by atoms with Crippen molar-refractivity contribution in [3.05, 3.63) is 0 Å². The summed E-state index contributed by atoms with van der Waals surface area (Å²) < 4.78 is 0. The molecule has 0 aromatic heterocycles. The van der Waals surface area contributed by atoms with Gasteiger partial charge in [0.1, 0.15) is 0 Å². The molecule has 1 saturated carbocycles. The molecule has 3 heteroatoms. The first-order chi connectivity index (χ1) is 4.64. The Morgan fingerprint density at radius 1 is 1.50 bits per heavy atom. The summed E-state index contributed by atoms with van der Waals surface area (Å²) in [6.45, 7) is 3.53. The first kappa shape index (κ1) is 7.20. The van der Waals surface area contributed by atoms with Gasteiger partial charge in [-0.25, -0.2) is 0 Å². The lowest BCUT2D eigenvalue weighted by Gasteiger charge is -2.04. The van der Waals surface area contributed by atoms with E-state index in [0.717, 1.165) is 12.8 Å². The Morgan fingerprint density at radius 2 is 2.10 bits per heavy atom. The second-order valence-electron chi connectivity index (χ2n) is 3.12. The molecule has 0 spiro atoms. The van der Waals surface area contributed by atoms with E-state index in [1.165, 1.54) is 0 Å². The van der Waals surface area contributed by atoms with E-state index in [4.69, 9.17) is 5.26 Å². The zero-order valence-corrected chi connectivity index (χ0v) is 6.33. The summed E-state index contributed by atoms with van der Waals surface area (Å²) in [5.74, 6) is 0. The molecular weight excluding hydrogens is 126 g/mol. The van der Waals surface area contributed by atoms with Gasteiger partial charge in [-0.3, -0.25) is 0 Å². The third-order valence-electron chi connectivity index (χ3n) is 1.29. The molecule has 0 unspecified atom stereocenters. The van der Waals surface area contributed by atoms with Gasteiger partial charge >= 0.3 is 0 Å². The van der Waals surface area contributed by atoms with Gasteiger partial charge in [-0.05, 0) is 26.7 Å². The molecule has 0 aromatic carbocycles. The van der Waals surface area contributed by atoms with Crippen molar-refractivity contribution in [3.63, 3.8) is 0 Å². The average molecular weight is 137 g/mol. The van der Waals surface area contributed by atoms with Crippen molar-refractivity contribution < 1.29 is 0 Å². The quantitative estimate of drug-likeness (QED) is 0.536. The number of nitrogens with zero attached hydrogens (tertiary/aromatic N) is 3. The maximum Gasteiger partial charge on any atom is 0.161 e. The minimum Gasteiger partial charge on any atom is -0.196 e. The van der Waals surface area contributed by atoms with Crippen LogP contribution in [0.15, 0.2) is 10.2 Å². The summed E-state index contributed by atoms with van der Waals surface area (Å²) in [7, 11) is 0. The van der Waals surface area contributed by atoms with E-state index in [0.29, 0.717) is 6.04 Å². The molecule has 0 aromatic rings. The van der Waals surface area contributed by atoms with Crippen LogP contribution in [0.3, 0.4) is 0 Å². The fourth-order valence-corrected chi connectivity index (χ4v) is 0.438. The largest absolute Gasteiger partial charge is 0.196 e. The topological polar surface area (TPSA) is 48.5 Å².